The SMILES string of the molecule is CCCN(CCC)C(=O)CN1CC(C)C(C(=O)O)C1. The van der Waals surface area contributed by atoms with E-state index in [2.05, 4.69) is 13.8 Å². The molecule has 1 heterocycles. The fourth-order valence-electron chi connectivity index (χ4n) is 2.71. The van der Waals surface area contributed by atoms with Gasteiger partial charge in [0.15, 0.2) is 0 Å². The monoisotopic (exact) mass is 270 g/mol. The van der Waals surface area contributed by atoms with Gasteiger partial charge < -0.3 is 10.0 Å². The van der Waals surface area contributed by atoms with E-state index in [0.29, 0.717) is 19.6 Å². The standard InChI is InChI=1S/C14H26N2O3/c1-4-6-16(7-5-2)13(17)10-15-8-11(3)12(9-15)14(18)19/h11-12H,4-10H2,1-3H3,(H,18,19). The third-order valence-corrected chi connectivity index (χ3v) is 3.70. The Balaban J connectivity index is 2.50. The van der Waals surface area contributed by atoms with Crippen molar-refractivity contribution in [3.05, 3.63) is 0 Å². The van der Waals surface area contributed by atoms with Crippen LogP contribution in [0.15, 0.2) is 0 Å². The lowest BCUT2D eigenvalue weighted by molar-refractivity contribution is -0.142. The summed E-state index contributed by atoms with van der Waals surface area (Å²) in [6, 6.07) is 0. The van der Waals surface area contributed by atoms with Crippen molar-refractivity contribution in [2.75, 3.05) is 32.7 Å². The molecular formula is C14H26N2O3. The highest BCUT2D eigenvalue weighted by molar-refractivity contribution is 5.78. The molecule has 0 aromatic heterocycles. The van der Waals surface area contributed by atoms with Gasteiger partial charge in [-0.05, 0) is 18.8 Å². The fraction of sp³-hybridized carbons (Fsp3) is 0.857. The van der Waals surface area contributed by atoms with Crippen LogP contribution in [0.1, 0.15) is 33.6 Å². The average Bonchev–Trinajstić information content (AvgIpc) is 2.70. The number of aliphatic carboxylic acids is 1. The summed E-state index contributed by atoms with van der Waals surface area (Å²) in [5.74, 6) is -0.835. The Hall–Kier alpha value is -1.10. The molecule has 0 radical (unpaired) electrons. The maximum atomic E-state index is 12.2. The minimum atomic E-state index is -0.749. The lowest BCUT2D eigenvalue weighted by Gasteiger charge is -2.24. The van der Waals surface area contributed by atoms with Crippen LogP contribution in [0.2, 0.25) is 0 Å². The summed E-state index contributed by atoms with van der Waals surface area (Å²) >= 11 is 0. The molecule has 1 aliphatic heterocycles. The quantitative estimate of drug-likeness (QED) is 0.757. The first-order valence-electron chi connectivity index (χ1n) is 7.22. The van der Waals surface area contributed by atoms with Crippen LogP contribution in [0.25, 0.3) is 0 Å². The second-order valence-corrected chi connectivity index (χ2v) is 5.50. The topological polar surface area (TPSA) is 60.9 Å². The largest absolute Gasteiger partial charge is 0.481 e. The fourth-order valence-corrected chi connectivity index (χ4v) is 2.71. The molecule has 5 heteroatoms. The Morgan fingerprint density at radius 2 is 1.79 bits per heavy atom. The van der Waals surface area contributed by atoms with E-state index >= 15 is 0 Å². The third kappa shape index (κ3) is 4.49. The van der Waals surface area contributed by atoms with E-state index in [4.69, 9.17) is 5.11 Å². The van der Waals surface area contributed by atoms with Crippen molar-refractivity contribution in [3.8, 4) is 0 Å². The first-order chi connectivity index (χ1) is 8.99. The number of carboxylic acids is 1. The minimum absolute atomic E-state index is 0.121. The summed E-state index contributed by atoms with van der Waals surface area (Å²) in [4.78, 5) is 27.1. The predicted octanol–water partition coefficient (Wildman–Crippen LogP) is 1.29. The van der Waals surface area contributed by atoms with Crippen LogP contribution in [-0.4, -0.2) is 59.5 Å². The van der Waals surface area contributed by atoms with Crippen LogP contribution < -0.4 is 0 Å². The van der Waals surface area contributed by atoms with Crippen molar-refractivity contribution in [2.45, 2.75) is 33.6 Å². The summed E-state index contributed by atoms with van der Waals surface area (Å²) in [6.07, 6.45) is 1.92. The molecule has 1 fully saturated rings. The normalized spacial score (nSPS) is 23.5. The number of hydrogen-bond acceptors (Lipinski definition) is 3. The molecule has 1 aliphatic rings. The number of amides is 1. The van der Waals surface area contributed by atoms with E-state index in [1.54, 1.807) is 0 Å². The van der Waals surface area contributed by atoms with Crippen molar-refractivity contribution in [3.63, 3.8) is 0 Å². The second-order valence-electron chi connectivity index (χ2n) is 5.50. The predicted molar refractivity (Wildman–Crippen MR) is 73.9 cm³/mol. The van der Waals surface area contributed by atoms with Gasteiger partial charge in [-0.25, -0.2) is 0 Å². The number of hydrogen-bond donors (Lipinski definition) is 1. The number of likely N-dealkylation sites (tertiary alicyclic amines) is 1. The Kier molecular flexibility index (Phi) is 6.28. The van der Waals surface area contributed by atoms with Gasteiger partial charge in [-0.2, -0.15) is 0 Å². The Labute approximate surface area is 115 Å². The molecule has 1 saturated heterocycles. The first kappa shape index (κ1) is 16.0. The van der Waals surface area contributed by atoms with Crippen LogP contribution in [-0.2, 0) is 9.59 Å². The maximum Gasteiger partial charge on any atom is 0.308 e. The molecule has 5 nitrogen and oxygen atoms in total. The van der Waals surface area contributed by atoms with Gasteiger partial charge in [0.1, 0.15) is 0 Å². The van der Waals surface area contributed by atoms with Crippen LogP contribution >= 0.6 is 0 Å². The summed E-state index contributed by atoms with van der Waals surface area (Å²) < 4.78 is 0. The van der Waals surface area contributed by atoms with E-state index < -0.39 is 5.97 Å². The highest BCUT2D eigenvalue weighted by atomic mass is 16.4. The molecule has 0 aromatic rings. The van der Waals surface area contributed by atoms with Crippen molar-refractivity contribution >= 4 is 11.9 Å². The number of carbonyl (C=O) groups excluding carboxylic acids is 1. The molecule has 110 valence electrons. The van der Waals surface area contributed by atoms with Gasteiger partial charge in [0, 0.05) is 26.2 Å². The minimum Gasteiger partial charge on any atom is -0.481 e. The van der Waals surface area contributed by atoms with Crippen molar-refractivity contribution in [2.24, 2.45) is 11.8 Å². The van der Waals surface area contributed by atoms with E-state index in [9.17, 15) is 9.59 Å². The number of carbonyl (C=O) groups is 2. The van der Waals surface area contributed by atoms with E-state index in [0.717, 1.165) is 25.9 Å². The molecule has 0 spiro atoms. The van der Waals surface area contributed by atoms with Gasteiger partial charge >= 0.3 is 5.97 Å². The van der Waals surface area contributed by atoms with Gasteiger partial charge in [0.2, 0.25) is 5.91 Å². The zero-order chi connectivity index (χ0) is 14.4. The van der Waals surface area contributed by atoms with E-state index in [-0.39, 0.29) is 17.7 Å². The Morgan fingerprint density at radius 1 is 1.21 bits per heavy atom. The zero-order valence-electron chi connectivity index (χ0n) is 12.3. The number of rotatable bonds is 7. The molecule has 0 bridgehead atoms. The highest BCUT2D eigenvalue weighted by Crippen LogP contribution is 2.22. The van der Waals surface area contributed by atoms with Gasteiger partial charge in [-0.3, -0.25) is 14.5 Å². The molecule has 2 atom stereocenters. The molecule has 1 amide bonds. The van der Waals surface area contributed by atoms with Crippen LogP contribution in [0.5, 0.6) is 0 Å². The summed E-state index contributed by atoms with van der Waals surface area (Å²) in [6.45, 7) is 9.20. The molecule has 0 saturated carbocycles. The van der Waals surface area contributed by atoms with Gasteiger partial charge in [0.25, 0.3) is 0 Å². The molecule has 0 aliphatic carbocycles. The molecule has 2 unspecified atom stereocenters. The maximum absolute atomic E-state index is 12.2. The molecular weight excluding hydrogens is 244 g/mol. The lowest BCUT2D eigenvalue weighted by Crippen LogP contribution is -2.40. The highest BCUT2D eigenvalue weighted by Gasteiger charge is 2.35. The third-order valence-electron chi connectivity index (χ3n) is 3.70. The summed E-state index contributed by atoms with van der Waals surface area (Å²) in [7, 11) is 0. The molecule has 19 heavy (non-hydrogen) atoms. The molecule has 1 N–H and O–H groups in total. The Bertz CT molecular complexity index is 314. The van der Waals surface area contributed by atoms with Gasteiger partial charge in [-0.15, -0.1) is 0 Å². The second kappa shape index (κ2) is 7.48. The zero-order valence-corrected chi connectivity index (χ0v) is 12.3. The van der Waals surface area contributed by atoms with Crippen molar-refractivity contribution < 1.29 is 14.7 Å². The Morgan fingerprint density at radius 3 is 2.21 bits per heavy atom. The van der Waals surface area contributed by atoms with Crippen LogP contribution in [0, 0.1) is 11.8 Å². The van der Waals surface area contributed by atoms with E-state index in [1.165, 1.54) is 0 Å². The van der Waals surface area contributed by atoms with E-state index in [1.807, 2.05) is 16.7 Å². The molecule has 1 rings (SSSR count). The summed E-state index contributed by atoms with van der Waals surface area (Å²) in [5, 5.41) is 9.09. The van der Waals surface area contributed by atoms with Crippen LogP contribution in [0.4, 0.5) is 0 Å². The van der Waals surface area contributed by atoms with Gasteiger partial charge in [-0.1, -0.05) is 20.8 Å². The lowest BCUT2D eigenvalue weighted by atomic mass is 9.99. The average molecular weight is 270 g/mol. The number of carboxylic acid groups (broad SMARTS) is 1. The van der Waals surface area contributed by atoms with Gasteiger partial charge in [0.05, 0.1) is 12.5 Å². The van der Waals surface area contributed by atoms with Crippen LogP contribution in [0.3, 0.4) is 0 Å². The number of nitrogens with zero attached hydrogens (tertiary/aromatic N) is 2. The smallest absolute Gasteiger partial charge is 0.308 e. The first-order valence-corrected chi connectivity index (χ1v) is 7.22. The summed E-state index contributed by atoms with van der Waals surface area (Å²) in [5.41, 5.74) is 0. The van der Waals surface area contributed by atoms with Crippen molar-refractivity contribution in [1.29, 1.82) is 0 Å². The molecule has 0 aromatic carbocycles. The van der Waals surface area contributed by atoms with Crippen molar-refractivity contribution in [1.82, 2.24) is 9.80 Å².